The molecule has 166 valence electrons. The number of carbonyl (C=O) groups is 1. The molecule has 1 heterocycles. The average Bonchev–Trinajstić information content (AvgIpc) is 3.13. The summed E-state index contributed by atoms with van der Waals surface area (Å²) in [5.41, 5.74) is 1.23. The van der Waals surface area contributed by atoms with Gasteiger partial charge in [-0.05, 0) is 24.1 Å². The molecule has 0 aromatic heterocycles. The van der Waals surface area contributed by atoms with Gasteiger partial charge in [-0.2, -0.15) is 0 Å². The van der Waals surface area contributed by atoms with Gasteiger partial charge < -0.3 is 20.3 Å². The number of hydrogen-bond donors (Lipinski definition) is 2. The number of ether oxygens (including phenoxy) is 1. The fourth-order valence-electron chi connectivity index (χ4n) is 3.50. The number of likely N-dealkylation sites (tertiary alicyclic amines) is 1. The second-order valence-electron chi connectivity index (χ2n) is 7.45. The zero-order valence-corrected chi connectivity index (χ0v) is 17.6. The molecule has 1 aliphatic rings. The van der Waals surface area contributed by atoms with E-state index in [1.165, 1.54) is 11.6 Å². The Morgan fingerprint density at radius 3 is 2.74 bits per heavy atom. The molecule has 0 aliphatic carbocycles. The van der Waals surface area contributed by atoms with Crippen LogP contribution in [0.2, 0.25) is 0 Å². The van der Waals surface area contributed by atoms with E-state index in [1.807, 2.05) is 23.1 Å². The van der Waals surface area contributed by atoms with Crippen LogP contribution in [0.3, 0.4) is 0 Å². The van der Waals surface area contributed by atoms with Gasteiger partial charge >= 0.3 is 0 Å². The molecule has 0 spiro atoms. The molecule has 2 aromatic carbocycles. The van der Waals surface area contributed by atoms with Gasteiger partial charge in [-0.25, -0.2) is 8.78 Å². The SMILES string of the molecule is CN=C(NCCOc1ccc(F)cc1F)NCC1CC(=O)N(CCc2ccccc2)C1. The number of halogens is 2. The number of nitrogens with one attached hydrogen (secondary N) is 2. The van der Waals surface area contributed by atoms with Crippen molar-refractivity contribution in [1.82, 2.24) is 15.5 Å². The quantitative estimate of drug-likeness (QED) is 0.365. The van der Waals surface area contributed by atoms with E-state index in [4.69, 9.17) is 4.74 Å². The minimum absolute atomic E-state index is 0.00575. The summed E-state index contributed by atoms with van der Waals surface area (Å²) < 4.78 is 31.8. The van der Waals surface area contributed by atoms with Gasteiger partial charge in [0.15, 0.2) is 17.5 Å². The minimum atomic E-state index is -0.731. The van der Waals surface area contributed by atoms with Crippen LogP contribution in [-0.2, 0) is 11.2 Å². The predicted octanol–water partition coefficient (Wildman–Crippen LogP) is 2.60. The van der Waals surface area contributed by atoms with Crippen LogP contribution in [-0.4, -0.2) is 56.6 Å². The third-order valence-corrected chi connectivity index (χ3v) is 5.14. The van der Waals surface area contributed by atoms with Crippen molar-refractivity contribution in [3.8, 4) is 5.75 Å². The van der Waals surface area contributed by atoms with Crippen molar-refractivity contribution in [2.45, 2.75) is 12.8 Å². The molecule has 31 heavy (non-hydrogen) atoms. The summed E-state index contributed by atoms with van der Waals surface area (Å²) in [6, 6.07) is 13.3. The van der Waals surface area contributed by atoms with Crippen molar-refractivity contribution in [3.63, 3.8) is 0 Å². The molecule has 6 nitrogen and oxygen atoms in total. The van der Waals surface area contributed by atoms with E-state index >= 15 is 0 Å². The standard InChI is InChI=1S/C23H28F2N4O2/c1-26-23(27-10-12-31-21-8-7-19(24)14-20(21)25)28-15-18-13-22(30)29(16-18)11-9-17-5-3-2-4-6-17/h2-8,14,18H,9-13,15-16H2,1H3,(H2,26,27,28). The fraction of sp³-hybridized carbons (Fsp3) is 0.391. The first kappa shape index (κ1) is 22.5. The summed E-state index contributed by atoms with van der Waals surface area (Å²) in [7, 11) is 1.65. The molecule has 1 aliphatic heterocycles. The van der Waals surface area contributed by atoms with E-state index in [9.17, 15) is 13.6 Å². The normalized spacial score (nSPS) is 16.5. The van der Waals surface area contributed by atoms with Crippen LogP contribution in [0.15, 0.2) is 53.5 Å². The summed E-state index contributed by atoms with van der Waals surface area (Å²) in [4.78, 5) is 18.4. The highest BCUT2D eigenvalue weighted by atomic mass is 19.1. The lowest BCUT2D eigenvalue weighted by atomic mass is 10.1. The fourth-order valence-corrected chi connectivity index (χ4v) is 3.50. The monoisotopic (exact) mass is 430 g/mol. The number of nitrogens with zero attached hydrogens (tertiary/aromatic N) is 2. The third-order valence-electron chi connectivity index (χ3n) is 5.14. The smallest absolute Gasteiger partial charge is 0.223 e. The van der Waals surface area contributed by atoms with E-state index < -0.39 is 11.6 Å². The Labute approximate surface area is 181 Å². The topological polar surface area (TPSA) is 66.0 Å². The molecule has 3 rings (SSSR count). The Morgan fingerprint density at radius 2 is 2.00 bits per heavy atom. The zero-order valence-electron chi connectivity index (χ0n) is 17.6. The summed E-state index contributed by atoms with van der Waals surface area (Å²) in [5, 5.41) is 6.31. The van der Waals surface area contributed by atoms with Crippen LogP contribution >= 0.6 is 0 Å². The van der Waals surface area contributed by atoms with Gasteiger partial charge in [0.25, 0.3) is 0 Å². The molecule has 1 unspecified atom stereocenters. The van der Waals surface area contributed by atoms with E-state index in [0.717, 1.165) is 31.6 Å². The Balaban J connectivity index is 1.35. The van der Waals surface area contributed by atoms with Crippen LogP contribution in [0.1, 0.15) is 12.0 Å². The van der Waals surface area contributed by atoms with Crippen LogP contribution < -0.4 is 15.4 Å². The van der Waals surface area contributed by atoms with Crippen molar-refractivity contribution in [3.05, 3.63) is 65.7 Å². The molecule has 1 amide bonds. The lowest BCUT2D eigenvalue weighted by molar-refractivity contribution is -0.127. The number of amides is 1. The molecule has 1 fully saturated rings. The first-order valence-electron chi connectivity index (χ1n) is 10.4. The molecule has 1 atom stereocenters. The van der Waals surface area contributed by atoms with Crippen LogP contribution in [0.4, 0.5) is 8.78 Å². The molecule has 0 saturated carbocycles. The number of benzene rings is 2. The molecular formula is C23H28F2N4O2. The number of aliphatic imine (C=N–C) groups is 1. The van der Waals surface area contributed by atoms with Gasteiger partial charge in [-0.15, -0.1) is 0 Å². The number of hydrogen-bond acceptors (Lipinski definition) is 3. The van der Waals surface area contributed by atoms with E-state index in [0.29, 0.717) is 25.5 Å². The van der Waals surface area contributed by atoms with Crippen molar-refractivity contribution in [2.24, 2.45) is 10.9 Å². The lowest BCUT2D eigenvalue weighted by Gasteiger charge is -2.18. The van der Waals surface area contributed by atoms with Gasteiger partial charge in [0, 0.05) is 45.1 Å². The van der Waals surface area contributed by atoms with Crippen molar-refractivity contribution in [2.75, 3.05) is 39.8 Å². The number of carbonyl (C=O) groups excluding carboxylic acids is 1. The van der Waals surface area contributed by atoms with Crippen LogP contribution in [0.5, 0.6) is 5.75 Å². The van der Waals surface area contributed by atoms with Gasteiger partial charge in [0.05, 0.1) is 6.54 Å². The van der Waals surface area contributed by atoms with E-state index in [2.05, 4.69) is 27.8 Å². The minimum Gasteiger partial charge on any atom is -0.489 e. The zero-order chi connectivity index (χ0) is 22.1. The highest BCUT2D eigenvalue weighted by Crippen LogP contribution is 2.18. The Kier molecular flexibility index (Phi) is 8.20. The van der Waals surface area contributed by atoms with E-state index in [-0.39, 0.29) is 24.2 Å². The molecule has 8 heteroatoms. The molecule has 0 bridgehead atoms. The summed E-state index contributed by atoms with van der Waals surface area (Å²) in [6.07, 6.45) is 1.37. The van der Waals surface area contributed by atoms with Gasteiger partial charge in [-0.3, -0.25) is 9.79 Å². The van der Waals surface area contributed by atoms with Crippen molar-refractivity contribution < 1.29 is 18.3 Å². The first-order valence-corrected chi connectivity index (χ1v) is 10.4. The van der Waals surface area contributed by atoms with Gasteiger partial charge in [0.1, 0.15) is 12.4 Å². The summed E-state index contributed by atoms with van der Waals surface area (Å²) >= 11 is 0. The second kappa shape index (κ2) is 11.3. The Bertz CT molecular complexity index is 892. The van der Waals surface area contributed by atoms with E-state index in [1.54, 1.807) is 7.05 Å². The average molecular weight is 430 g/mol. The second-order valence-corrected chi connectivity index (χ2v) is 7.45. The summed E-state index contributed by atoms with van der Waals surface area (Å²) in [6.45, 7) is 2.66. The van der Waals surface area contributed by atoms with Gasteiger partial charge in [0.2, 0.25) is 5.91 Å². The molecule has 0 radical (unpaired) electrons. The maximum atomic E-state index is 13.6. The maximum absolute atomic E-state index is 13.6. The van der Waals surface area contributed by atoms with Gasteiger partial charge in [-0.1, -0.05) is 30.3 Å². The Hall–Kier alpha value is -3.16. The number of guanidine groups is 1. The molecule has 2 N–H and O–H groups in total. The molecule has 2 aromatic rings. The lowest BCUT2D eigenvalue weighted by Crippen LogP contribution is -2.41. The van der Waals surface area contributed by atoms with Crippen molar-refractivity contribution in [1.29, 1.82) is 0 Å². The van der Waals surface area contributed by atoms with Crippen LogP contribution in [0.25, 0.3) is 0 Å². The predicted molar refractivity (Wildman–Crippen MR) is 116 cm³/mol. The molecular weight excluding hydrogens is 402 g/mol. The summed E-state index contributed by atoms with van der Waals surface area (Å²) in [5.74, 6) is -0.391. The number of rotatable bonds is 9. The molecule has 1 saturated heterocycles. The Morgan fingerprint density at radius 1 is 1.19 bits per heavy atom. The first-order chi connectivity index (χ1) is 15.0. The highest BCUT2D eigenvalue weighted by Gasteiger charge is 2.29. The maximum Gasteiger partial charge on any atom is 0.223 e. The highest BCUT2D eigenvalue weighted by molar-refractivity contribution is 5.80. The van der Waals surface area contributed by atoms with Crippen LogP contribution in [0, 0.1) is 17.6 Å². The van der Waals surface area contributed by atoms with Crippen molar-refractivity contribution >= 4 is 11.9 Å². The largest absolute Gasteiger partial charge is 0.489 e. The third kappa shape index (κ3) is 6.94.